The summed E-state index contributed by atoms with van der Waals surface area (Å²) in [5.74, 6) is -0.0713. The predicted octanol–water partition coefficient (Wildman–Crippen LogP) is 3.70. The van der Waals surface area contributed by atoms with E-state index in [2.05, 4.69) is 15.6 Å². The van der Waals surface area contributed by atoms with Crippen molar-refractivity contribution in [2.45, 2.75) is 18.9 Å². The number of amides is 1. The smallest absolute Gasteiger partial charge is 0.248 e. The fraction of sp³-hybridized carbons (Fsp3) is 0.185. The van der Waals surface area contributed by atoms with Gasteiger partial charge in [-0.05, 0) is 53.9 Å². The Morgan fingerprint density at radius 3 is 2.37 bits per heavy atom. The number of aliphatic hydroxyl groups is 1. The number of fused-ring (bicyclic) bond motifs is 1. The molecule has 0 spiro atoms. The summed E-state index contributed by atoms with van der Waals surface area (Å²) >= 11 is 0. The van der Waals surface area contributed by atoms with Crippen LogP contribution < -0.4 is 16.2 Å². The number of aliphatic hydroxyl groups excluding tert-OH is 1. The number of aromatic amines is 1. The zero-order chi connectivity index (χ0) is 23.9. The van der Waals surface area contributed by atoms with Crippen molar-refractivity contribution in [2.75, 3.05) is 18.5 Å². The van der Waals surface area contributed by atoms with Crippen LogP contribution in [0.2, 0.25) is 0 Å². The maximum Gasteiger partial charge on any atom is 0.248 e. The normalized spacial score (nSPS) is 11.6. The van der Waals surface area contributed by atoms with Crippen LogP contribution in [0.1, 0.15) is 22.7 Å². The molecule has 4 aromatic rings. The molecule has 182 valence electrons. The number of halogens is 1. The van der Waals surface area contributed by atoms with E-state index in [1.165, 1.54) is 12.1 Å². The standard InChI is InChI=1S/C27H27N3O4.ClH/c31-17-23(21-10-12-24(32)27-22(21)11-13-25(33)30-27)28-15-14-18-6-8-20(9-7-18)29-26(34)16-19-4-2-1-3-5-19;/h1-13,23,28,31-32H,14-17H2,(H,29,34)(H,30,33);1H. The number of hydrogen-bond acceptors (Lipinski definition) is 5. The molecular weight excluding hydrogens is 466 g/mol. The molecule has 5 N–H and O–H groups in total. The number of hydrogen-bond donors (Lipinski definition) is 5. The van der Waals surface area contributed by atoms with Crippen molar-refractivity contribution in [3.8, 4) is 5.75 Å². The van der Waals surface area contributed by atoms with Crippen LogP contribution >= 0.6 is 12.4 Å². The van der Waals surface area contributed by atoms with Crippen molar-refractivity contribution < 1.29 is 15.0 Å². The number of H-pyrrole nitrogens is 1. The first-order valence-corrected chi connectivity index (χ1v) is 11.2. The second-order valence-corrected chi connectivity index (χ2v) is 8.13. The molecule has 0 bridgehead atoms. The van der Waals surface area contributed by atoms with Crippen molar-refractivity contribution >= 4 is 34.9 Å². The third kappa shape index (κ3) is 6.70. The van der Waals surface area contributed by atoms with Gasteiger partial charge in [-0.25, -0.2) is 0 Å². The molecule has 0 fully saturated rings. The van der Waals surface area contributed by atoms with Crippen LogP contribution in [0.15, 0.2) is 83.7 Å². The van der Waals surface area contributed by atoms with Crippen LogP contribution in [0.4, 0.5) is 5.69 Å². The van der Waals surface area contributed by atoms with E-state index in [0.717, 1.165) is 28.8 Å². The van der Waals surface area contributed by atoms with E-state index in [4.69, 9.17) is 0 Å². The minimum atomic E-state index is -0.356. The quantitative estimate of drug-likeness (QED) is 0.244. The number of carbonyl (C=O) groups excluding carboxylic acids is 1. The molecule has 3 aromatic carbocycles. The minimum absolute atomic E-state index is 0. The van der Waals surface area contributed by atoms with Gasteiger partial charge in [0.2, 0.25) is 11.5 Å². The van der Waals surface area contributed by atoms with E-state index in [-0.39, 0.29) is 42.3 Å². The summed E-state index contributed by atoms with van der Waals surface area (Å²) in [4.78, 5) is 26.5. The first-order valence-electron chi connectivity index (χ1n) is 11.2. The van der Waals surface area contributed by atoms with Crippen molar-refractivity contribution in [2.24, 2.45) is 0 Å². The molecular formula is C27H28ClN3O4. The molecule has 0 radical (unpaired) electrons. The summed E-state index contributed by atoms with van der Waals surface area (Å²) in [7, 11) is 0. The molecule has 0 saturated heterocycles. The maximum atomic E-state index is 12.2. The Balaban J connectivity index is 0.00000342. The number of nitrogens with one attached hydrogen (secondary N) is 3. The second kappa shape index (κ2) is 12.2. The fourth-order valence-electron chi connectivity index (χ4n) is 3.97. The second-order valence-electron chi connectivity index (χ2n) is 8.13. The number of phenolic OH excluding ortho intramolecular Hbond substituents is 1. The lowest BCUT2D eigenvalue weighted by Crippen LogP contribution is -2.27. The monoisotopic (exact) mass is 493 g/mol. The number of benzene rings is 3. The molecule has 1 atom stereocenters. The molecule has 1 aromatic heterocycles. The van der Waals surface area contributed by atoms with Crippen LogP contribution in [0, 0.1) is 0 Å². The Morgan fingerprint density at radius 1 is 0.914 bits per heavy atom. The predicted molar refractivity (Wildman–Crippen MR) is 140 cm³/mol. The average Bonchev–Trinajstić information content (AvgIpc) is 2.84. The Morgan fingerprint density at radius 2 is 1.66 bits per heavy atom. The maximum absolute atomic E-state index is 12.2. The number of rotatable bonds is 9. The lowest BCUT2D eigenvalue weighted by atomic mass is 10.0. The molecule has 8 heteroatoms. The van der Waals surface area contributed by atoms with Gasteiger partial charge in [-0.3, -0.25) is 9.59 Å². The van der Waals surface area contributed by atoms with E-state index in [1.807, 2.05) is 54.6 Å². The van der Waals surface area contributed by atoms with E-state index >= 15 is 0 Å². The van der Waals surface area contributed by atoms with Gasteiger partial charge in [0, 0.05) is 17.1 Å². The van der Waals surface area contributed by atoms with Gasteiger partial charge in [-0.15, -0.1) is 12.4 Å². The van der Waals surface area contributed by atoms with Crippen LogP contribution in [-0.2, 0) is 17.6 Å². The van der Waals surface area contributed by atoms with Crippen LogP contribution in [-0.4, -0.2) is 34.3 Å². The fourth-order valence-corrected chi connectivity index (χ4v) is 3.97. The summed E-state index contributed by atoms with van der Waals surface area (Å²) in [6, 6.07) is 23.3. The van der Waals surface area contributed by atoms with Gasteiger partial charge < -0.3 is 25.8 Å². The summed E-state index contributed by atoms with van der Waals surface area (Å²) in [5, 5.41) is 27.0. The van der Waals surface area contributed by atoms with Gasteiger partial charge in [0.1, 0.15) is 5.75 Å². The van der Waals surface area contributed by atoms with Crippen molar-refractivity contribution in [3.05, 3.63) is 106 Å². The van der Waals surface area contributed by atoms with Gasteiger partial charge in [0.15, 0.2) is 0 Å². The molecule has 1 heterocycles. The van der Waals surface area contributed by atoms with E-state index in [1.54, 1.807) is 12.1 Å². The molecule has 1 unspecified atom stereocenters. The Bertz CT molecular complexity index is 1320. The number of anilines is 1. The third-order valence-electron chi connectivity index (χ3n) is 5.71. The Hall–Kier alpha value is -3.65. The van der Waals surface area contributed by atoms with Gasteiger partial charge in [0.25, 0.3) is 0 Å². The first-order chi connectivity index (χ1) is 16.5. The zero-order valence-electron chi connectivity index (χ0n) is 19.0. The third-order valence-corrected chi connectivity index (χ3v) is 5.71. The lowest BCUT2D eigenvalue weighted by Gasteiger charge is -2.19. The van der Waals surface area contributed by atoms with Gasteiger partial charge >= 0.3 is 0 Å². The SMILES string of the molecule is Cl.O=C(Cc1ccccc1)Nc1ccc(CCNC(CO)c2ccc(O)c3[nH]c(=O)ccc23)cc1. The summed E-state index contributed by atoms with van der Waals surface area (Å²) in [5.41, 5.74) is 3.65. The van der Waals surface area contributed by atoms with E-state index in [9.17, 15) is 19.8 Å². The van der Waals surface area contributed by atoms with E-state index < -0.39 is 0 Å². The van der Waals surface area contributed by atoms with Crippen LogP contribution in [0.25, 0.3) is 10.9 Å². The highest BCUT2D eigenvalue weighted by atomic mass is 35.5. The number of carbonyl (C=O) groups is 1. The molecule has 1 amide bonds. The van der Waals surface area contributed by atoms with Gasteiger partial charge in [-0.2, -0.15) is 0 Å². The van der Waals surface area contributed by atoms with Gasteiger partial charge in [0.05, 0.1) is 24.6 Å². The molecule has 7 nitrogen and oxygen atoms in total. The van der Waals surface area contributed by atoms with Crippen molar-refractivity contribution in [3.63, 3.8) is 0 Å². The summed E-state index contributed by atoms with van der Waals surface area (Å²) < 4.78 is 0. The van der Waals surface area contributed by atoms with Crippen molar-refractivity contribution in [1.82, 2.24) is 10.3 Å². The Kier molecular flexibility index (Phi) is 9.03. The highest BCUT2D eigenvalue weighted by molar-refractivity contribution is 5.92. The molecule has 35 heavy (non-hydrogen) atoms. The molecule has 0 aliphatic rings. The van der Waals surface area contributed by atoms with Crippen molar-refractivity contribution in [1.29, 1.82) is 0 Å². The number of aromatic nitrogens is 1. The lowest BCUT2D eigenvalue weighted by molar-refractivity contribution is -0.115. The van der Waals surface area contributed by atoms with Crippen LogP contribution in [0.5, 0.6) is 5.75 Å². The highest BCUT2D eigenvalue weighted by Gasteiger charge is 2.15. The topological polar surface area (TPSA) is 114 Å². The molecule has 0 aliphatic carbocycles. The Labute approximate surface area is 209 Å². The molecule has 4 rings (SSSR count). The van der Waals surface area contributed by atoms with E-state index in [0.29, 0.717) is 23.9 Å². The first kappa shape index (κ1) is 26.0. The zero-order valence-corrected chi connectivity index (χ0v) is 19.8. The minimum Gasteiger partial charge on any atom is -0.506 e. The van der Waals surface area contributed by atoms with Gasteiger partial charge in [-0.1, -0.05) is 48.5 Å². The number of pyridine rings is 1. The summed E-state index contributed by atoms with van der Waals surface area (Å²) in [6.07, 6.45) is 1.05. The molecule has 0 saturated carbocycles. The average molecular weight is 494 g/mol. The largest absolute Gasteiger partial charge is 0.506 e. The molecule has 0 aliphatic heterocycles. The summed E-state index contributed by atoms with van der Waals surface area (Å²) in [6.45, 7) is 0.474. The van der Waals surface area contributed by atoms with Crippen LogP contribution in [0.3, 0.4) is 0 Å². The highest BCUT2D eigenvalue weighted by Crippen LogP contribution is 2.28. The number of aromatic hydroxyl groups is 1. The number of phenols is 1.